The molecule has 4 N–H and O–H groups in total. The summed E-state index contributed by atoms with van der Waals surface area (Å²) < 4.78 is 11.9. The van der Waals surface area contributed by atoms with E-state index in [0.717, 1.165) is 18.7 Å². The molecule has 0 radical (unpaired) electrons. The van der Waals surface area contributed by atoms with Crippen molar-refractivity contribution in [1.82, 2.24) is 4.90 Å². The molecule has 25 heavy (non-hydrogen) atoms. The standard InChI is InChI=1S/C20H27N3O2/c21-17-10-9-16(15-18(17)22)25-20-8-3-2-7-19(20)24-14-6-13-23-11-4-1-5-12-23/h2-3,7-10,15H,1,4-6,11-14,21-22H2. The molecule has 0 aliphatic carbocycles. The number of rotatable bonds is 7. The third-order valence-corrected chi connectivity index (χ3v) is 4.46. The van der Waals surface area contributed by atoms with E-state index in [1.165, 1.54) is 32.4 Å². The van der Waals surface area contributed by atoms with E-state index < -0.39 is 0 Å². The monoisotopic (exact) mass is 341 g/mol. The van der Waals surface area contributed by atoms with Crippen LogP contribution >= 0.6 is 0 Å². The first-order valence-corrected chi connectivity index (χ1v) is 8.99. The van der Waals surface area contributed by atoms with Gasteiger partial charge >= 0.3 is 0 Å². The SMILES string of the molecule is Nc1ccc(Oc2ccccc2OCCCN2CCCCC2)cc1N. The van der Waals surface area contributed by atoms with E-state index in [9.17, 15) is 0 Å². The zero-order valence-electron chi connectivity index (χ0n) is 14.6. The molecule has 1 aliphatic rings. The summed E-state index contributed by atoms with van der Waals surface area (Å²) in [7, 11) is 0. The maximum Gasteiger partial charge on any atom is 0.169 e. The summed E-state index contributed by atoms with van der Waals surface area (Å²) in [6.07, 6.45) is 5.03. The Labute approximate surface area is 149 Å². The second kappa shape index (κ2) is 8.62. The van der Waals surface area contributed by atoms with E-state index >= 15 is 0 Å². The molecule has 5 heteroatoms. The lowest BCUT2D eigenvalue weighted by molar-refractivity contribution is 0.203. The molecule has 0 amide bonds. The second-order valence-electron chi connectivity index (χ2n) is 6.44. The van der Waals surface area contributed by atoms with Gasteiger partial charge < -0.3 is 25.8 Å². The Bertz CT molecular complexity index is 684. The Morgan fingerprint density at radius 3 is 2.40 bits per heavy atom. The minimum atomic E-state index is 0.512. The van der Waals surface area contributed by atoms with Gasteiger partial charge in [-0.1, -0.05) is 18.6 Å². The number of likely N-dealkylation sites (tertiary alicyclic amines) is 1. The van der Waals surface area contributed by atoms with Crippen LogP contribution in [0.1, 0.15) is 25.7 Å². The smallest absolute Gasteiger partial charge is 0.169 e. The van der Waals surface area contributed by atoms with Crippen LogP contribution in [0.3, 0.4) is 0 Å². The minimum Gasteiger partial charge on any atom is -0.490 e. The number of para-hydroxylation sites is 2. The molecule has 1 saturated heterocycles. The van der Waals surface area contributed by atoms with Crippen molar-refractivity contribution in [2.45, 2.75) is 25.7 Å². The van der Waals surface area contributed by atoms with E-state index in [4.69, 9.17) is 20.9 Å². The molecule has 2 aromatic carbocycles. The van der Waals surface area contributed by atoms with E-state index in [2.05, 4.69) is 4.90 Å². The summed E-state index contributed by atoms with van der Waals surface area (Å²) in [4.78, 5) is 2.52. The topological polar surface area (TPSA) is 73.7 Å². The average Bonchev–Trinajstić information content (AvgIpc) is 2.64. The zero-order chi connectivity index (χ0) is 17.5. The molecule has 0 aromatic heterocycles. The molecule has 1 fully saturated rings. The number of anilines is 2. The first-order chi connectivity index (χ1) is 12.2. The van der Waals surface area contributed by atoms with Gasteiger partial charge in [0.1, 0.15) is 5.75 Å². The summed E-state index contributed by atoms with van der Waals surface area (Å²) in [5, 5.41) is 0. The Kier molecular flexibility index (Phi) is 6.01. The van der Waals surface area contributed by atoms with Crippen molar-refractivity contribution >= 4 is 11.4 Å². The van der Waals surface area contributed by atoms with Crippen LogP contribution < -0.4 is 20.9 Å². The zero-order valence-corrected chi connectivity index (χ0v) is 14.6. The van der Waals surface area contributed by atoms with Crippen molar-refractivity contribution < 1.29 is 9.47 Å². The Balaban J connectivity index is 1.54. The van der Waals surface area contributed by atoms with Gasteiger partial charge in [-0.15, -0.1) is 0 Å². The number of nitrogens with zero attached hydrogens (tertiary/aromatic N) is 1. The first kappa shape index (κ1) is 17.4. The van der Waals surface area contributed by atoms with Gasteiger partial charge in [-0.05, 0) is 56.6 Å². The van der Waals surface area contributed by atoms with Crippen LogP contribution in [0.4, 0.5) is 11.4 Å². The summed E-state index contributed by atoms with van der Waals surface area (Å²) in [5.74, 6) is 2.08. The van der Waals surface area contributed by atoms with E-state index in [0.29, 0.717) is 29.5 Å². The van der Waals surface area contributed by atoms with Gasteiger partial charge in [0.15, 0.2) is 11.5 Å². The molecular weight excluding hydrogens is 314 g/mol. The van der Waals surface area contributed by atoms with Crippen LogP contribution in [0.2, 0.25) is 0 Å². The molecule has 134 valence electrons. The fourth-order valence-electron chi connectivity index (χ4n) is 3.05. The first-order valence-electron chi connectivity index (χ1n) is 8.99. The number of nitrogen functional groups attached to an aromatic ring is 2. The summed E-state index contributed by atoms with van der Waals surface area (Å²) in [5.41, 5.74) is 12.6. The van der Waals surface area contributed by atoms with Crippen molar-refractivity contribution in [2.24, 2.45) is 0 Å². The molecule has 1 heterocycles. The van der Waals surface area contributed by atoms with E-state index in [1.54, 1.807) is 18.2 Å². The molecule has 0 unspecified atom stereocenters. The van der Waals surface area contributed by atoms with Gasteiger partial charge in [0.2, 0.25) is 0 Å². The molecule has 0 bridgehead atoms. The predicted octanol–water partition coefficient (Wildman–Crippen LogP) is 3.90. The summed E-state index contributed by atoms with van der Waals surface area (Å²) in [6, 6.07) is 13.0. The van der Waals surface area contributed by atoms with E-state index in [1.807, 2.05) is 24.3 Å². The Morgan fingerprint density at radius 2 is 1.64 bits per heavy atom. The third-order valence-electron chi connectivity index (χ3n) is 4.46. The fraction of sp³-hybridized carbons (Fsp3) is 0.400. The molecule has 0 saturated carbocycles. The summed E-state index contributed by atoms with van der Waals surface area (Å²) in [6.45, 7) is 4.22. The van der Waals surface area contributed by atoms with Gasteiger partial charge in [0, 0.05) is 12.6 Å². The van der Waals surface area contributed by atoms with Gasteiger partial charge in [-0.2, -0.15) is 0 Å². The molecule has 0 spiro atoms. The van der Waals surface area contributed by atoms with Crippen LogP contribution in [0.5, 0.6) is 17.2 Å². The molecule has 1 aliphatic heterocycles. The Morgan fingerprint density at radius 1 is 0.880 bits per heavy atom. The maximum atomic E-state index is 5.95. The largest absolute Gasteiger partial charge is 0.490 e. The quantitative estimate of drug-likeness (QED) is 0.590. The minimum absolute atomic E-state index is 0.512. The number of benzene rings is 2. The van der Waals surface area contributed by atoms with Crippen molar-refractivity contribution in [2.75, 3.05) is 37.7 Å². The third kappa shape index (κ3) is 5.03. The van der Waals surface area contributed by atoms with Crippen LogP contribution in [0, 0.1) is 0 Å². The predicted molar refractivity (Wildman–Crippen MR) is 102 cm³/mol. The molecule has 3 rings (SSSR count). The maximum absolute atomic E-state index is 5.95. The molecule has 2 aromatic rings. The highest BCUT2D eigenvalue weighted by Crippen LogP contribution is 2.33. The lowest BCUT2D eigenvalue weighted by Crippen LogP contribution is -2.31. The van der Waals surface area contributed by atoms with Gasteiger partial charge in [0.05, 0.1) is 18.0 Å². The van der Waals surface area contributed by atoms with Gasteiger partial charge in [0.25, 0.3) is 0 Å². The highest BCUT2D eigenvalue weighted by Gasteiger charge is 2.10. The highest BCUT2D eigenvalue weighted by molar-refractivity contribution is 5.65. The van der Waals surface area contributed by atoms with Crippen molar-refractivity contribution in [3.63, 3.8) is 0 Å². The normalized spacial score (nSPS) is 15.0. The van der Waals surface area contributed by atoms with Crippen molar-refractivity contribution in [1.29, 1.82) is 0 Å². The highest BCUT2D eigenvalue weighted by atomic mass is 16.5. The Hall–Kier alpha value is -2.40. The fourth-order valence-corrected chi connectivity index (χ4v) is 3.05. The summed E-state index contributed by atoms with van der Waals surface area (Å²) >= 11 is 0. The van der Waals surface area contributed by atoms with Crippen LogP contribution in [0.25, 0.3) is 0 Å². The van der Waals surface area contributed by atoms with E-state index in [-0.39, 0.29) is 0 Å². The van der Waals surface area contributed by atoms with Crippen LogP contribution in [0.15, 0.2) is 42.5 Å². The second-order valence-corrected chi connectivity index (χ2v) is 6.44. The lowest BCUT2D eigenvalue weighted by Gasteiger charge is -2.26. The average molecular weight is 341 g/mol. The van der Waals surface area contributed by atoms with Gasteiger partial charge in [-0.25, -0.2) is 0 Å². The number of nitrogens with two attached hydrogens (primary N) is 2. The lowest BCUT2D eigenvalue weighted by atomic mass is 10.1. The van der Waals surface area contributed by atoms with Crippen molar-refractivity contribution in [3.05, 3.63) is 42.5 Å². The number of ether oxygens (including phenoxy) is 2. The number of piperidine rings is 1. The molecular formula is C20H27N3O2. The van der Waals surface area contributed by atoms with Crippen molar-refractivity contribution in [3.8, 4) is 17.2 Å². The van der Waals surface area contributed by atoms with Crippen LogP contribution in [-0.2, 0) is 0 Å². The molecule has 5 nitrogen and oxygen atoms in total. The number of hydrogen-bond acceptors (Lipinski definition) is 5. The molecule has 0 atom stereocenters. The van der Waals surface area contributed by atoms with Gasteiger partial charge in [-0.3, -0.25) is 0 Å². The number of hydrogen-bond donors (Lipinski definition) is 2. The van der Waals surface area contributed by atoms with Crippen LogP contribution in [-0.4, -0.2) is 31.1 Å².